The molecule has 2 aromatic rings. The molecular weight excluding hydrogens is 284 g/mol. The predicted octanol–water partition coefficient (Wildman–Crippen LogP) is 3.45. The molecule has 0 saturated heterocycles. The van der Waals surface area contributed by atoms with Crippen LogP contribution >= 0.6 is 11.6 Å². The molecule has 0 saturated carbocycles. The van der Waals surface area contributed by atoms with Gasteiger partial charge in [0.15, 0.2) is 0 Å². The van der Waals surface area contributed by atoms with Crippen LogP contribution in [0.15, 0.2) is 30.5 Å². The molecule has 3 nitrogen and oxygen atoms in total. The van der Waals surface area contributed by atoms with Crippen molar-refractivity contribution in [3.8, 4) is 0 Å². The van der Waals surface area contributed by atoms with Gasteiger partial charge in [-0.2, -0.15) is 0 Å². The third-order valence-corrected chi connectivity index (χ3v) is 3.70. The zero-order valence-electron chi connectivity index (χ0n) is 10.5. The summed E-state index contributed by atoms with van der Waals surface area (Å²) in [7, 11) is 0. The zero-order valence-corrected chi connectivity index (χ0v) is 11.3. The van der Waals surface area contributed by atoms with Gasteiger partial charge in [0.25, 0.3) is 0 Å². The lowest BCUT2D eigenvalue weighted by Crippen LogP contribution is -2.34. The van der Waals surface area contributed by atoms with E-state index in [-0.39, 0.29) is 17.1 Å². The summed E-state index contributed by atoms with van der Waals surface area (Å²) in [6.45, 7) is 1.58. The molecule has 0 unspecified atom stereocenters. The summed E-state index contributed by atoms with van der Waals surface area (Å²) < 4.78 is 27.3. The lowest BCUT2D eigenvalue weighted by molar-refractivity contribution is 0.581. The second-order valence-electron chi connectivity index (χ2n) is 4.54. The Balaban J connectivity index is 1.96. The van der Waals surface area contributed by atoms with Crippen LogP contribution in [0, 0.1) is 11.6 Å². The molecule has 3 rings (SSSR count). The highest BCUT2D eigenvalue weighted by Crippen LogP contribution is 2.30. The summed E-state index contributed by atoms with van der Waals surface area (Å²) in [5.41, 5.74) is 1.03. The molecule has 2 heterocycles. The molecule has 0 atom stereocenters. The Morgan fingerprint density at radius 1 is 1.25 bits per heavy atom. The van der Waals surface area contributed by atoms with Crippen LogP contribution in [0.2, 0.25) is 5.02 Å². The van der Waals surface area contributed by atoms with E-state index in [9.17, 15) is 8.78 Å². The monoisotopic (exact) mass is 295 g/mol. The number of hydrogen-bond donors (Lipinski definition) is 1. The first kappa shape index (κ1) is 13.1. The van der Waals surface area contributed by atoms with E-state index in [4.69, 9.17) is 11.6 Å². The number of anilines is 2. The highest BCUT2D eigenvalue weighted by molar-refractivity contribution is 6.31. The lowest BCUT2D eigenvalue weighted by Gasteiger charge is -2.31. The summed E-state index contributed by atoms with van der Waals surface area (Å²) >= 11 is 5.87. The second kappa shape index (κ2) is 5.25. The first-order chi connectivity index (χ1) is 9.66. The van der Waals surface area contributed by atoms with Gasteiger partial charge in [0.05, 0.1) is 10.7 Å². The van der Waals surface area contributed by atoms with Crippen LogP contribution in [-0.2, 0) is 6.54 Å². The van der Waals surface area contributed by atoms with Gasteiger partial charge in [-0.25, -0.2) is 13.8 Å². The van der Waals surface area contributed by atoms with Crippen molar-refractivity contribution >= 4 is 23.1 Å². The Morgan fingerprint density at radius 3 is 2.90 bits per heavy atom. The van der Waals surface area contributed by atoms with Crippen molar-refractivity contribution < 1.29 is 8.78 Å². The maximum Gasteiger partial charge on any atom is 0.149 e. The van der Waals surface area contributed by atoms with Gasteiger partial charge in [0, 0.05) is 31.4 Å². The van der Waals surface area contributed by atoms with Crippen molar-refractivity contribution in [3.63, 3.8) is 0 Å². The van der Waals surface area contributed by atoms with E-state index in [0.29, 0.717) is 13.1 Å². The fraction of sp³-hybridized carbons (Fsp3) is 0.214. The number of rotatable bonds is 2. The zero-order chi connectivity index (χ0) is 14.1. The van der Waals surface area contributed by atoms with Gasteiger partial charge in [-0.15, -0.1) is 0 Å². The summed E-state index contributed by atoms with van der Waals surface area (Å²) in [6, 6.07) is 5.83. The van der Waals surface area contributed by atoms with Crippen LogP contribution in [0.5, 0.6) is 0 Å². The third kappa shape index (κ3) is 2.29. The van der Waals surface area contributed by atoms with E-state index in [1.165, 1.54) is 0 Å². The Bertz CT molecular complexity index is 648. The molecule has 0 radical (unpaired) electrons. The van der Waals surface area contributed by atoms with Crippen molar-refractivity contribution in [3.05, 3.63) is 52.7 Å². The summed E-state index contributed by atoms with van der Waals surface area (Å²) in [6.07, 6.45) is 1.69. The van der Waals surface area contributed by atoms with E-state index in [1.807, 2.05) is 17.0 Å². The minimum Gasteiger partial charge on any atom is -0.367 e. The van der Waals surface area contributed by atoms with Gasteiger partial charge in [-0.1, -0.05) is 11.6 Å². The average Bonchev–Trinajstić information content (AvgIpc) is 2.48. The lowest BCUT2D eigenvalue weighted by atomic mass is 10.1. The van der Waals surface area contributed by atoms with E-state index in [0.717, 1.165) is 23.6 Å². The maximum atomic E-state index is 13.9. The van der Waals surface area contributed by atoms with Gasteiger partial charge in [0.2, 0.25) is 0 Å². The number of pyridine rings is 1. The normalized spacial score (nSPS) is 13.8. The van der Waals surface area contributed by atoms with Crippen LogP contribution in [0.3, 0.4) is 0 Å². The first-order valence-corrected chi connectivity index (χ1v) is 6.61. The molecule has 0 aliphatic carbocycles. The number of benzene rings is 1. The fourth-order valence-electron chi connectivity index (χ4n) is 2.29. The number of aromatic nitrogens is 1. The van der Waals surface area contributed by atoms with Crippen LogP contribution in [0.25, 0.3) is 0 Å². The number of halogens is 3. The number of nitrogens with zero attached hydrogens (tertiary/aromatic N) is 2. The van der Waals surface area contributed by atoms with Crippen LogP contribution in [0.4, 0.5) is 20.3 Å². The standard InChI is InChI=1S/C14H12ClF2N3/c15-13-9(10(16)3-4-11(13)17)8-20-7-6-19-14-12(20)2-1-5-18-14/h1-5H,6-8H2,(H,18,19). The SMILES string of the molecule is Fc1ccc(F)c(CN2CCNc3ncccc32)c1Cl. The Morgan fingerprint density at radius 2 is 2.05 bits per heavy atom. The topological polar surface area (TPSA) is 28.2 Å². The van der Waals surface area contributed by atoms with Crippen LogP contribution in [0.1, 0.15) is 5.56 Å². The first-order valence-electron chi connectivity index (χ1n) is 6.23. The van der Waals surface area contributed by atoms with Crippen molar-refractivity contribution in [1.82, 2.24) is 4.98 Å². The molecule has 1 aliphatic rings. The van der Waals surface area contributed by atoms with Crippen molar-refractivity contribution in [2.75, 3.05) is 23.3 Å². The molecule has 0 fully saturated rings. The molecule has 0 spiro atoms. The smallest absolute Gasteiger partial charge is 0.149 e. The molecule has 0 amide bonds. The maximum absolute atomic E-state index is 13.9. The Kier molecular flexibility index (Phi) is 3.44. The summed E-state index contributed by atoms with van der Waals surface area (Å²) in [5, 5.41) is 3.01. The molecule has 20 heavy (non-hydrogen) atoms. The van der Waals surface area contributed by atoms with E-state index >= 15 is 0 Å². The van der Waals surface area contributed by atoms with Crippen molar-refractivity contribution in [1.29, 1.82) is 0 Å². The van der Waals surface area contributed by atoms with Crippen molar-refractivity contribution in [2.24, 2.45) is 0 Å². The van der Waals surface area contributed by atoms with Gasteiger partial charge in [-0.05, 0) is 24.3 Å². The molecular formula is C14H12ClF2N3. The molecule has 0 bridgehead atoms. The highest BCUT2D eigenvalue weighted by Gasteiger charge is 2.20. The average molecular weight is 296 g/mol. The molecule has 6 heteroatoms. The van der Waals surface area contributed by atoms with Gasteiger partial charge >= 0.3 is 0 Å². The minimum absolute atomic E-state index is 0.158. The minimum atomic E-state index is -0.607. The van der Waals surface area contributed by atoms with Crippen molar-refractivity contribution in [2.45, 2.75) is 6.54 Å². The molecule has 1 aromatic carbocycles. The predicted molar refractivity (Wildman–Crippen MR) is 75.1 cm³/mol. The largest absolute Gasteiger partial charge is 0.367 e. The van der Waals surface area contributed by atoms with E-state index in [1.54, 1.807) is 6.20 Å². The molecule has 1 aliphatic heterocycles. The van der Waals surface area contributed by atoms with Gasteiger partial charge < -0.3 is 10.2 Å². The summed E-state index contributed by atoms with van der Waals surface area (Å²) in [4.78, 5) is 6.15. The third-order valence-electron chi connectivity index (χ3n) is 3.29. The quantitative estimate of drug-likeness (QED) is 0.860. The van der Waals surface area contributed by atoms with E-state index < -0.39 is 11.6 Å². The van der Waals surface area contributed by atoms with E-state index in [2.05, 4.69) is 10.3 Å². The van der Waals surface area contributed by atoms with Gasteiger partial charge in [-0.3, -0.25) is 0 Å². The Hall–Kier alpha value is -1.88. The Labute approximate surface area is 120 Å². The molecule has 1 aromatic heterocycles. The highest BCUT2D eigenvalue weighted by atomic mass is 35.5. The van der Waals surface area contributed by atoms with Crippen LogP contribution < -0.4 is 10.2 Å². The van der Waals surface area contributed by atoms with Crippen LogP contribution in [-0.4, -0.2) is 18.1 Å². The summed E-state index contributed by atoms with van der Waals surface area (Å²) in [5.74, 6) is -0.364. The molecule has 104 valence electrons. The second-order valence-corrected chi connectivity index (χ2v) is 4.92. The fourth-order valence-corrected chi connectivity index (χ4v) is 2.50. The van der Waals surface area contributed by atoms with Gasteiger partial charge in [0.1, 0.15) is 17.5 Å². The molecule has 1 N–H and O–H groups in total. The number of hydrogen-bond acceptors (Lipinski definition) is 3. The number of fused-ring (bicyclic) bond motifs is 1. The number of nitrogens with one attached hydrogen (secondary N) is 1.